The smallest absolute Gasteiger partial charge is 0.270 e. The van der Waals surface area contributed by atoms with Crippen LogP contribution < -0.4 is 10.1 Å². The van der Waals surface area contributed by atoms with Gasteiger partial charge in [0.2, 0.25) is 0 Å². The molecule has 116 valence electrons. The Kier molecular flexibility index (Phi) is 4.33. The van der Waals surface area contributed by atoms with Crippen LogP contribution in [0.15, 0.2) is 60.9 Å². The molecule has 0 saturated carbocycles. The lowest BCUT2D eigenvalue weighted by Gasteiger charge is -2.20. The molecule has 0 aliphatic carbocycles. The van der Waals surface area contributed by atoms with Gasteiger partial charge < -0.3 is 10.1 Å². The van der Waals surface area contributed by atoms with Crippen LogP contribution in [-0.2, 0) is 0 Å². The minimum absolute atomic E-state index is 0.260. The lowest BCUT2D eigenvalue weighted by Crippen LogP contribution is -2.30. The second-order valence-electron chi connectivity index (χ2n) is 4.87. The second kappa shape index (κ2) is 6.74. The van der Waals surface area contributed by atoms with Gasteiger partial charge in [-0.3, -0.25) is 14.9 Å². The number of carbonyl (C=O) groups excluding carboxylic acids is 1. The average molecular weight is 308 g/mol. The number of methoxy groups -OCH3 is 1. The lowest BCUT2D eigenvalue weighted by molar-refractivity contribution is 0.0937. The molecule has 6 heteroatoms. The molecule has 2 heterocycles. The quantitative estimate of drug-likeness (QED) is 0.758. The molecule has 0 unspecified atom stereocenters. The summed E-state index contributed by atoms with van der Waals surface area (Å²) in [5, 5.41) is 9.44. The zero-order chi connectivity index (χ0) is 16.1. The summed E-state index contributed by atoms with van der Waals surface area (Å²) in [6.07, 6.45) is 3.23. The third-order valence-corrected chi connectivity index (χ3v) is 3.45. The summed E-state index contributed by atoms with van der Waals surface area (Å²) in [5.74, 6) is 0.428. The Bertz CT molecular complexity index is 772. The first-order valence-electron chi connectivity index (χ1n) is 7.13. The van der Waals surface area contributed by atoms with Crippen molar-refractivity contribution in [2.24, 2.45) is 0 Å². The average Bonchev–Trinajstić information content (AvgIpc) is 3.15. The van der Waals surface area contributed by atoms with E-state index >= 15 is 0 Å². The molecule has 0 fully saturated rings. The van der Waals surface area contributed by atoms with Crippen molar-refractivity contribution in [2.45, 2.75) is 6.04 Å². The van der Waals surface area contributed by atoms with Crippen molar-refractivity contribution in [1.29, 1.82) is 0 Å². The predicted molar refractivity (Wildman–Crippen MR) is 85.1 cm³/mol. The molecule has 2 aromatic heterocycles. The van der Waals surface area contributed by atoms with E-state index in [0.717, 1.165) is 11.3 Å². The highest BCUT2D eigenvalue weighted by Crippen LogP contribution is 2.29. The first-order chi connectivity index (χ1) is 11.3. The Morgan fingerprint density at radius 3 is 2.65 bits per heavy atom. The first kappa shape index (κ1) is 14.8. The van der Waals surface area contributed by atoms with Crippen LogP contribution in [0.25, 0.3) is 0 Å². The van der Waals surface area contributed by atoms with Crippen LogP contribution in [-0.4, -0.2) is 28.2 Å². The topological polar surface area (TPSA) is 79.9 Å². The van der Waals surface area contributed by atoms with Crippen LogP contribution in [0.2, 0.25) is 0 Å². The fraction of sp³-hybridized carbons (Fsp3) is 0.118. The molecule has 0 saturated heterocycles. The van der Waals surface area contributed by atoms with E-state index in [9.17, 15) is 4.79 Å². The van der Waals surface area contributed by atoms with Crippen molar-refractivity contribution in [2.75, 3.05) is 7.11 Å². The summed E-state index contributed by atoms with van der Waals surface area (Å²) in [4.78, 5) is 16.8. The van der Waals surface area contributed by atoms with Gasteiger partial charge in [-0.1, -0.05) is 24.3 Å². The maximum absolute atomic E-state index is 12.4. The van der Waals surface area contributed by atoms with Crippen molar-refractivity contribution >= 4 is 5.91 Å². The van der Waals surface area contributed by atoms with Crippen LogP contribution >= 0.6 is 0 Å². The zero-order valence-electron chi connectivity index (χ0n) is 12.6. The highest BCUT2D eigenvalue weighted by molar-refractivity contribution is 5.92. The highest BCUT2D eigenvalue weighted by atomic mass is 16.5. The number of ether oxygens (including phenoxy) is 1. The van der Waals surface area contributed by atoms with Crippen LogP contribution in [0.3, 0.4) is 0 Å². The molecule has 0 aliphatic heterocycles. The molecule has 3 rings (SSSR count). The third-order valence-electron chi connectivity index (χ3n) is 3.45. The molecule has 1 amide bonds. The van der Waals surface area contributed by atoms with E-state index < -0.39 is 6.04 Å². The molecule has 2 N–H and O–H groups in total. The molecule has 1 atom stereocenters. The number of hydrogen-bond donors (Lipinski definition) is 2. The molecule has 23 heavy (non-hydrogen) atoms. The molecule has 0 radical (unpaired) electrons. The minimum atomic E-state index is -0.428. The van der Waals surface area contributed by atoms with Gasteiger partial charge >= 0.3 is 0 Å². The molecule has 3 aromatic rings. The summed E-state index contributed by atoms with van der Waals surface area (Å²) in [6, 6.07) is 14.3. The Morgan fingerprint density at radius 1 is 1.13 bits per heavy atom. The summed E-state index contributed by atoms with van der Waals surface area (Å²) in [6.45, 7) is 0. The van der Waals surface area contributed by atoms with Crippen molar-refractivity contribution in [3.63, 3.8) is 0 Å². The number of para-hydroxylation sites is 1. The molecule has 0 bridgehead atoms. The van der Waals surface area contributed by atoms with Crippen LogP contribution in [0, 0.1) is 0 Å². The molecular weight excluding hydrogens is 292 g/mol. The number of amides is 1. The van der Waals surface area contributed by atoms with Crippen molar-refractivity contribution in [3.8, 4) is 5.75 Å². The van der Waals surface area contributed by atoms with Gasteiger partial charge in [0.1, 0.15) is 17.5 Å². The molecular formula is C17H16N4O2. The number of aromatic nitrogens is 3. The van der Waals surface area contributed by atoms with E-state index in [1.807, 2.05) is 42.5 Å². The van der Waals surface area contributed by atoms with E-state index in [1.54, 1.807) is 19.4 Å². The van der Waals surface area contributed by atoms with Gasteiger partial charge in [-0.05, 0) is 24.3 Å². The number of rotatable bonds is 5. The van der Waals surface area contributed by atoms with Crippen LogP contribution in [0.1, 0.15) is 27.8 Å². The number of benzene rings is 1. The summed E-state index contributed by atoms with van der Waals surface area (Å²) in [7, 11) is 1.60. The number of nitrogens with one attached hydrogen (secondary N) is 2. The van der Waals surface area contributed by atoms with Crippen molar-refractivity contribution in [1.82, 2.24) is 20.5 Å². The lowest BCUT2D eigenvalue weighted by atomic mass is 10.0. The Morgan fingerprint density at radius 2 is 1.96 bits per heavy atom. The zero-order valence-corrected chi connectivity index (χ0v) is 12.6. The fourth-order valence-electron chi connectivity index (χ4n) is 2.35. The largest absolute Gasteiger partial charge is 0.496 e. The van der Waals surface area contributed by atoms with E-state index in [-0.39, 0.29) is 5.91 Å². The number of nitrogens with zero attached hydrogens (tertiary/aromatic N) is 2. The Hall–Kier alpha value is -3.15. The van der Waals surface area contributed by atoms with Gasteiger partial charge in [0, 0.05) is 18.0 Å². The standard InChI is InChI=1S/C17H16N4O2/c1-23-15-8-3-2-6-12(15)16(13-7-4-5-10-18-13)20-17(22)14-9-11-19-21-14/h2-11,16H,1H3,(H,19,21)(H,20,22)/t16-/m1/s1. The van der Waals surface area contributed by atoms with E-state index in [1.165, 1.54) is 6.20 Å². The minimum Gasteiger partial charge on any atom is -0.496 e. The maximum atomic E-state index is 12.4. The molecule has 6 nitrogen and oxygen atoms in total. The highest BCUT2D eigenvalue weighted by Gasteiger charge is 2.22. The normalized spacial score (nSPS) is 11.7. The second-order valence-corrected chi connectivity index (χ2v) is 4.87. The summed E-state index contributed by atoms with van der Waals surface area (Å²) in [5.41, 5.74) is 1.95. The fourth-order valence-corrected chi connectivity index (χ4v) is 2.35. The number of hydrogen-bond acceptors (Lipinski definition) is 4. The number of carbonyl (C=O) groups is 1. The SMILES string of the molecule is COc1ccccc1[C@@H](NC(=O)c1ccn[nH]1)c1ccccn1. The van der Waals surface area contributed by atoms with Gasteiger partial charge in [0.25, 0.3) is 5.91 Å². The Labute approximate surface area is 133 Å². The van der Waals surface area contributed by atoms with Crippen LogP contribution in [0.5, 0.6) is 5.75 Å². The maximum Gasteiger partial charge on any atom is 0.270 e. The van der Waals surface area contributed by atoms with Gasteiger partial charge in [0.05, 0.1) is 12.8 Å². The molecule has 1 aromatic carbocycles. The van der Waals surface area contributed by atoms with Gasteiger partial charge in [-0.25, -0.2) is 0 Å². The van der Waals surface area contributed by atoms with Gasteiger partial charge in [0.15, 0.2) is 0 Å². The Balaban J connectivity index is 1.99. The van der Waals surface area contributed by atoms with Gasteiger partial charge in [-0.2, -0.15) is 5.10 Å². The predicted octanol–water partition coefficient (Wildman–Crippen LogP) is 2.33. The van der Waals surface area contributed by atoms with E-state index in [4.69, 9.17) is 4.74 Å². The summed E-state index contributed by atoms with van der Waals surface area (Å²) < 4.78 is 5.42. The summed E-state index contributed by atoms with van der Waals surface area (Å²) >= 11 is 0. The van der Waals surface area contributed by atoms with Crippen LogP contribution in [0.4, 0.5) is 0 Å². The van der Waals surface area contributed by atoms with Gasteiger partial charge in [-0.15, -0.1) is 0 Å². The van der Waals surface area contributed by atoms with E-state index in [2.05, 4.69) is 20.5 Å². The number of pyridine rings is 1. The first-order valence-corrected chi connectivity index (χ1v) is 7.13. The number of H-pyrrole nitrogens is 1. The molecule has 0 spiro atoms. The third kappa shape index (κ3) is 3.21. The van der Waals surface area contributed by atoms with Crippen molar-refractivity contribution in [3.05, 3.63) is 77.9 Å². The van der Waals surface area contributed by atoms with Crippen molar-refractivity contribution < 1.29 is 9.53 Å². The van der Waals surface area contributed by atoms with E-state index in [0.29, 0.717) is 11.4 Å². The monoisotopic (exact) mass is 308 g/mol. The number of aromatic amines is 1. The molecule has 0 aliphatic rings.